The lowest BCUT2D eigenvalue weighted by atomic mass is 9.86. The number of hydrogen-bond donors (Lipinski definition) is 1. The first-order valence-electron chi connectivity index (χ1n) is 11.8. The summed E-state index contributed by atoms with van der Waals surface area (Å²) in [6.07, 6.45) is 1.88. The molecule has 0 spiro atoms. The van der Waals surface area contributed by atoms with Crippen molar-refractivity contribution in [2.75, 3.05) is 11.9 Å². The molecule has 0 fully saturated rings. The molecule has 2 aliphatic rings. The van der Waals surface area contributed by atoms with E-state index in [2.05, 4.69) is 0 Å². The lowest BCUT2D eigenvalue weighted by Gasteiger charge is -2.31. The van der Waals surface area contributed by atoms with Crippen LogP contribution in [0.25, 0.3) is 22.3 Å². The van der Waals surface area contributed by atoms with Crippen LogP contribution in [0.4, 0.5) is 11.4 Å². The zero-order valence-electron chi connectivity index (χ0n) is 19.9. The number of benzene rings is 2. The summed E-state index contributed by atoms with van der Waals surface area (Å²) in [4.78, 5) is 37.3. The largest absolute Gasteiger partial charge is 0.458 e. The summed E-state index contributed by atoms with van der Waals surface area (Å²) in [5.74, 6) is -0.727. The van der Waals surface area contributed by atoms with Crippen LogP contribution in [0.1, 0.15) is 30.0 Å². The van der Waals surface area contributed by atoms with E-state index in [0.29, 0.717) is 29.1 Å². The Labute approximate surface area is 207 Å². The number of hydrogen-bond acceptors (Lipinski definition) is 6. The average molecular weight is 481 g/mol. The van der Waals surface area contributed by atoms with Crippen LogP contribution in [0.15, 0.2) is 70.5 Å². The summed E-state index contributed by atoms with van der Waals surface area (Å²) in [6.45, 7) is 1.90. The van der Waals surface area contributed by atoms with Gasteiger partial charge in [0.1, 0.15) is 6.61 Å². The van der Waals surface area contributed by atoms with E-state index in [-0.39, 0.29) is 18.6 Å². The molecule has 2 aromatic carbocycles. The van der Waals surface area contributed by atoms with Gasteiger partial charge in [-0.3, -0.25) is 4.79 Å². The highest BCUT2D eigenvalue weighted by Gasteiger charge is 2.45. The zero-order valence-corrected chi connectivity index (χ0v) is 19.9. The number of esters is 1. The quantitative estimate of drug-likeness (QED) is 0.238. The Kier molecular flexibility index (Phi) is 5.01. The van der Waals surface area contributed by atoms with Gasteiger partial charge in [-0.25, -0.2) is 14.8 Å². The molecular weight excluding hydrogens is 456 g/mol. The Hall–Kier alpha value is -4.30. The molecule has 180 valence electrons. The van der Waals surface area contributed by atoms with Gasteiger partial charge in [-0.1, -0.05) is 31.2 Å². The number of carbonyl (C=O) groups excluding carboxylic acids is 1. The monoisotopic (exact) mass is 480 g/mol. The fraction of sp³-hybridized carbons (Fsp3) is 0.214. The van der Waals surface area contributed by atoms with Gasteiger partial charge in [-0.15, -0.1) is 0 Å². The summed E-state index contributed by atoms with van der Waals surface area (Å²) in [6, 6.07) is 19.4. The van der Waals surface area contributed by atoms with E-state index < -0.39 is 11.6 Å². The van der Waals surface area contributed by atoms with Crippen LogP contribution in [-0.4, -0.2) is 34.0 Å². The van der Waals surface area contributed by atoms with E-state index in [9.17, 15) is 14.7 Å². The third-order valence-corrected chi connectivity index (χ3v) is 7.06. The molecule has 1 N–H and O–H groups in total. The van der Waals surface area contributed by atoms with Crippen LogP contribution in [0.3, 0.4) is 0 Å². The molecule has 2 aliphatic heterocycles. The lowest BCUT2D eigenvalue weighted by Crippen LogP contribution is -2.44. The highest BCUT2D eigenvalue weighted by atomic mass is 16.6. The Bertz CT molecular complexity index is 1630. The smallest absolute Gasteiger partial charge is 0.343 e. The van der Waals surface area contributed by atoms with Crippen LogP contribution in [0.2, 0.25) is 0 Å². The minimum atomic E-state index is -1.84. The molecule has 2 aromatic heterocycles. The van der Waals surface area contributed by atoms with Gasteiger partial charge in [0, 0.05) is 29.2 Å². The van der Waals surface area contributed by atoms with Gasteiger partial charge in [-0.2, -0.15) is 0 Å². The fourth-order valence-corrected chi connectivity index (χ4v) is 4.98. The minimum Gasteiger partial charge on any atom is -0.458 e. The molecular formula is C28H24N4O4. The molecule has 0 radical (unpaired) electrons. The van der Waals surface area contributed by atoms with Crippen molar-refractivity contribution in [2.45, 2.75) is 32.1 Å². The number of rotatable bonds is 4. The van der Waals surface area contributed by atoms with Crippen molar-refractivity contribution in [1.29, 1.82) is 0 Å². The lowest BCUT2D eigenvalue weighted by molar-refractivity contribution is -0.172. The first-order valence-corrected chi connectivity index (χ1v) is 11.8. The summed E-state index contributed by atoms with van der Waals surface area (Å²) in [7, 11) is 1.94. The van der Waals surface area contributed by atoms with Crippen LogP contribution in [0.5, 0.6) is 0 Å². The highest BCUT2D eigenvalue weighted by molar-refractivity contribution is 5.95. The Morgan fingerprint density at radius 1 is 1.17 bits per heavy atom. The Balaban J connectivity index is 1.45. The van der Waals surface area contributed by atoms with Crippen LogP contribution >= 0.6 is 0 Å². The van der Waals surface area contributed by atoms with Crippen molar-refractivity contribution in [3.8, 4) is 11.4 Å². The molecule has 36 heavy (non-hydrogen) atoms. The number of aliphatic hydroxyl groups is 1. The topological polar surface area (TPSA) is 97.0 Å². The number of aromatic nitrogens is 2. The normalized spacial score (nSPS) is 18.1. The first-order chi connectivity index (χ1) is 17.4. The predicted octanol–water partition coefficient (Wildman–Crippen LogP) is 3.88. The van der Waals surface area contributed by atoms with Crippen LogP contribution < -0.4 is 10.5 Å². The molecule has 0 bridgehead atoms. The Morgan fingerprint density at radius 3 is 2.75 bits per heavy atom. The van der Waals surface area contributed by atoms with E-state index in [1.165, 1.54) is 0 Å². The number of cyclic esters (lactones) is 1. The van der Waals surface area contributed by atoms with E-state index in [0.717, 1.165) is 27.8 Å². The number of anilines is 1. The first kappa shape index (κ1) is 22.2. The number of para-hydroxylation sites is 1. The van der Waals surface area contributed by atoms with Crippen molar-refractivity contribution in [2.24, 2.45) is 4.99 Å². The standard InChI is InChI=1S/C28H24N4O4/c1-3-28(35)21-13-24-25-17(14-32(24)26(33)20(21)15-36-27(28)34)12-19-22(10-7-11-23(19)30-25)29-16-31(2)18-8-5-4-6-9-18/h4-13,16,35H,3,14-15H2,1-2H3/t28-/m0/s1. The SMILES string of the molecule is CC[C@@]1(O)C(=O)OCc2c1cc1n(c2=O)Cc2cc3c(N=CN(C)c4ccccc4)cccc3nc2-1. The number of aliphatic imine (C=N–C) groups is 1. The van der Waals surface area contributed by atoms with Gasteiger partial charge in [0.15, 0.2) is 5.60 Å². The van der Waals surface area contributed by atoms with Crippen molar-refractivity contribution in [3.05, 3.63) is 87.7 Å². The third-order valence-electron chi connectivity index (χ3n) is 7.06. The zero-order chi connectivity index (χ0) is 25.0. The summed E-state index contributed by atoms with van der Waals surface area (Å²) < 4.78 is 6.78. The van der Waals surface area contributed by atoms with Crippen molar-refractivity contribution in [1.82, 2.24) is 9.55 Å². The molecule has 4 heterocycles. The van der Waals surface area contributed by atoms with E-state index >= 15 is 0 Å². The summed E-state index contributed by atoms with van der Waals surface area (Å²) >= 11 is 0. The molecule has 0 unspecified atom stereocenters. The van der Waals surface area contributed by atoms with Crippen molar-refractivity contribution >= 4 is 34.6 Å². The van der Waals surface area contributed by atoms with Gasteiger partial charge >= 0.3 is 5.97 Å². The fourth-order valence-electron chi connectivity index (χ4n) is 4.98. The summed E-state index contributed by atoms with van der Waals surface area (Å²) in [5, 5.41) is 11.9. The maximum absolute atomic E-state index is 13.4. The molecule has 0 aliphatic carbocycles. The van der Waals surface area contributed by atoms with Crippen molar-refractivity contribution < 1.29 is 14.6 Å². The highest BCUT2D eigenvalue weighted by Crippen LogP contribution is 2.39. The number of pyridine rings is 2. The van der Waals surface area contributed by atoms with Crippen LogP contribution in [-0.2, 0) is 28.3 Å². The second-order valence-corrected chi connectivity index (χ2v) is 9.13. The maximum Gasteiger partial charge on any atom is 0.343 e. The predicted molar refractivity (Wildman–Crippen MR) is 138 cm³/mol. The molecule has 8 heteroatoms. The number of fused-ring (bicyclic) bond motifs is 5. The molecule has 0 amide bonds. The van der Waals surface area contributed by atoms with Gasteiger partial charge < -0.3 is 19.3 Å². The van der Waals surface area contributed by atoms with Gasteiger partial charge in [0.05, 0.1) is 41.0 Å². The van der Waals surface area contributed by atoms with Crippen molar-refractivity contribution in [3.63, 3.8) is 0 Å². The van der Waals surface area contributed by atoms with E-state index in [1.54, 1.807) is 23.9 Å². The maximum atomic E-state index is 13.4. The number of ether oxygens (including phenoxy) is 1. The second kappa shape index (κ2) is 8.13. The average Bonchev–Trinajstić information content (AvgIpc) is 3.27. The molecule has 0 saturated heterocycles. The molecule has 4 aromatic rings. The third kappa shape index (κ3) is 3.25. The van der Waals surface area contributed by atoms with Gasteiger partial charge in [0.2, 0.25) is 0 Å². The molecule has 0 saturated carbocycles. The minimum absolute atomic E-state index is 0.110. The number of carbonyl (C=O) groups is 1. The van der Waals surface area contributed by atoms with Gasteiger partial charge in [0.25, 0.3) is 5.56 Å². The second-order valence-electron chi connectivity index (χ2n) is 9.13. The summed E-state index contributed by atoms with van der Waals surface area (Å²) in [5.41, 5.74) is 3.20. The number of nitrogens with zero attached hydrogens (tertiary/aromatic N) is 4. The molecule has 6 rings (SSSR count). The van der Waals surface area contributed by atoms with E-state index in [4.69, 9.17) is 14.7 Å². The van der Waals surface area contributed by atoms with E-state index in [1.807, 2.05) is 66.5 Å². The molecule has 1 atom stereocenters. The molecule has 8 nitrogen and oxygen atoms in total. The van der Waals surface area contributed by atoms with Gasteiger partial charge in [-0.05, 0) is 42.8 Å². The van der Waals surface area contributed by atoms with Crippen LogP contribution in [0, 0.1) is 0 Å². The Morgan fingerprint density at radius 2 is 1.97 bits per heavy atom.